The van der Waals surface area contributed by atoms with Crippen LogP contribution in [0.2, 0.25) is 0 Å². The summed E-state index contributed by atoms with van der Waals surface area (Å²) in [5, 5.41) is 3.69. The van der Waals surface area contributed by atoms with E-state index in [4.69, 9.17) is 9.72 Å². The Kier molecular flexibility index (Phi) is 5.70. The van der Waals surface area contributed by atoms with Gasteiger partial charge in [-0.25, -0.2) is 4.98 Å². The van der Waals surface area contributed by atoms with Gasteiger partial charge in [-0.15, -0.1) is 0 Å². The Balaban J connectivity index is 1.31. The molecule has 5 rings (SSSR count). The normalized spacial score (nSPS) is 20.5. The molecule has 1 aromatic heterocycles. The van der Waals surface area contributed by atoms with E-state index in [0.29, 0.717) is 30.9 Å². The van der Waals surface area contributed by atoms with E-state index in [-0.39, 0.29) is 23.8 Å². The quantitative estimate of drug-likeness (QED) is 0.623. The summed E-state index contributed by atoms with van der Waals surface area (Å²) < 4.78 is 6.86. The highest BCUT2D eigenvalue weighted by molar-refractivity contribution is 7.22. The van der Waals surface area contributed by atoms with Crippen molar-refractivity contribution in [1.82, 2.24) is 4.98 Å². The number of rotatable bonds is 6. The number of fused-ring (bicyclic) bond motifs is 2. The van der Waals surface area contributed by atoms with E-state index in [9.17, 15) is 9.59 Å². The Morgan fingerprint density at radius 3 is 2.87 bits per heavy atom. The predicted octanol–water partition coefficient (Wildman–Crippen LogP) is 4.40. The molecule has 31 heavy (non-hydrogen) atoms. The first-order chi connectivity index (χ1) is 15.2. The maximum Gasteiger partial charge on any atom is 0.228 e. The number of nitrogens with zero attached hydrogens (tertiary/aromatic N) is 2. The number of amides is 2. The molecule has 0 unspecified atom stereocenters. The van der Waals surface area contributed by atoms with E-state index in [2.05, 4.69) is 5.32 Å². The Labute approximate surface area is 185 Å². The topological polar surface area (TPSA) is 71.5 Å². The van der Waals surface area contributed by atoms with Crippen LogP contribution < -0.4 is 10.2 Å². The Bertz CT molecular complexity index is 1070. The molecular weight excluding hydrogens is 410 g/mol. The first kappa shape index (κ1) is 20.2. The molecule has 0 spiro atoms. The summed E-state index contributed by atoms with van der Waals surface area (Å²) in [6.45, 7) is 1.26. The van der Waals surface area contributed by atoms with Gasteiger partial charge in [0.05, 0.1) is 22.9 Å². The summed E-state index contributed by atoms with van der Waals surface area (Å²) in [4.78, 5) is 32.3. The Hall–Kier alpha value is -2.77. The van der Waals surface area contributed by atoms with Gasteiger partial charge in [-0.2, -0.15) is 0 Å². The van der Waals surface area contributed by atoms with Gasteiger partial charge in [-0.05, 0) is 49.4 Å². The number of para-hydroxylation sites is 2. The molecule has 2 aromatic carbocycles. The van der Waals surface area contributed by atoms with E-state index >= 15 is 0 Å². The van der Waals surface area contributed by atoms with Crippen molar-refractivity contribution in [2.75, 3.05) is 23.4 Å². The monoisotopic (exact) mass is 435 g/mol. The molecule has 2 aliphatic rings. The Morgan fingerprint density at radius 2 is 2.03 bits per heavy atom. The number of thiazole rings is 1. The van der Waals surface area contributed by atoms with Crippen molar-refractivity contribution in [3.05, 3.63) is 54.1 Å². The number of carbonyl (C=O) groups excluding carboxylic acids is 2. The van der Waals surface area contributed by atoms with E-state index < -0.39 is 0 Å². The fourth-order valence-electron chi connectivity index (χ4n) is 4.33. The molecule has 1 saturated heterocycles. The first-order valence-electron chi connectivity index (χ1n) is 10.8. The maximum absolute atomic E-state index is 13.3. The van der Waals surface area contributed by atoms with Gasteiger partial charge in [0.2, 0.25) is 11.8 Å². The minimum Gasteiger partial charge on any atom is -0.376 e. The van der Waals surface area contributed by atoms with Crippen LogP contribution in [0.5, 0.6) is 0 Å². The molecule has 2 amide bonds. The van der Waals surface area contributed by atoms with Crippen molar-refractivity contribution >= 4 is 44.2 Å². The van der Waals surface area contributed by atoms with Gasteiger partial charge >= 0.3 is 0 Å². The molecule has 3 heterocycles. The molecule has 3 aromatic rings. The third-order valence-electron chi connectivity index (χ3n) is 6.04. The summed E-state index contributed by atoms with van der Waals surface area (Å²) in [6, 6.07) is 15.8. The average molecular weight is 436 g/mol. The summed E-state index contributed by atoms with van der Waals surface area (Å²) in [5.41, 5.74) is 2.91. The van der Waals surface area contributed by atoms with Gasteiger partial charge < -0.3 is 10.1 Å². The van der Waals surface area contributed by atoms with Crippen LogP contribution in [0.25, 0.3) is 10.2 Å². The van der Waals surface area contributed by atoms with Crippen LogP contribution >= 0.6 is 11.3 Å². The molecule has 0 aliphatic carbocycles. The second-order valence-electron chi connectivity index (χ2n) is 8.19. The molecular formula is C24H25N3O3S. The lowest BCUT2D eigenvalue weighted by Crippen LogP contribution is -2.38. The van der Waals surface area contributed by atoms with Crippen molar-refractivity contribution < 1.29 is 14.3 Å². The van der Waals surface area contributed by atoms with Crippen molar-refractivity contribution in [3.63, 3.8) is 0 Å². The fourth-order valence-corrected chi connectivity index (χ4v) is 5.33. The van der Waals surface area contributed by atoms with E-state index in [1.54, 1.807) is 4.90 Å². The molecule has 2 atom stereocenters. The summed E-state index contributed by atoms with van der Waals surface area (Å²) in [6.07, 6.45) is 3.52. The molecule has 1 N–H and O–H groups in total. The third-order valence-corrected chi connectivity index (χ3v) is 7.10. The first-order valence-corrected chi connectivity index (χ1v) is 11.7. The van der Waals surface area contributed by atoms with Gasteiger partial charge in [0, 0.05) is 24.6 Å². The molecule has 6 nitrogen and oxygen atoms in total. The highest BCUT2D eigenvalue weighted by Crippen LogP contribution is 2.32. The zero-order valence-electron chi connectivity index (χ0n) is 17.3. The van der Waals surface area contributed by atoms with Crippen LogP contribution in [0.4, 0.5) is 10.8 Å². The minimum atomic E-state index is -0.196. The van der Waals surface area contributed by atoms with E-state index in [0.717, 1.165) is 40.9 Å². The molecule has 2 aliphatic heterocycles. The SMILES string of the molecule is O=C1Nc2ccccc2C[C@H]1CCC(=O)N(C[C@H]1CCCO1)c1nc2ccccc2s1. The van der Waals surface area contributed by atoms with E-state index in [1.165, 1.54) is 11.3 Å². The number of carbonyl (C=O) groups is 2. The largest absolute Gasteiger partial charge is 0.376 e. The number of aromatic nitrogens is 1. The van der Waals surface area contributed by atoms with Gasteiger partial charge in [-0.1, -0.05) is 41.7 Å². The van der Waals surface area contributed by atoms with Crippen molar-refractivity contribution in [1.29, 1.82) is 0 Å². The van der Waals surface area contributed by atoms with Crippen LogP contribution in [-0.2, 0) is 20.7 Å². The van der Waals surface area contributed by atoms with Crippen molar-refractivity contribution in [2.24, 2.45) is 5.92 Å². The second-order valence-corrected chi connectivity index (χ2v) is 9.20. The average Bonchev–Trinajstić information content (AvgIpc) is 3.45. The molecule has 0 bridgehead atoms. The lowest BCUT2D eigenvalue weighted by molar-refractivity contribution is -0.121. The third kappa shape index (κ3) is 4.34. The molecule has 0 radical (unpaired) electrons. The standard InChI is InChI=1S/C24H25N3O3S/c28-22(12-11-17-14-16-6-1-2-8-19(16)25-23(17)29)27(15-18-7-5-13-30-18)24-26-20-9-3-4-10-21(20)31-24/h1-4,6,8-10,17-18H,5,7,11-15H2,(H,25,29)/t17-,18-/m1/s1. The Morgan fingerprint density at radius 1 is 1.19 bits per heavy atom. The number of hydrogen-bond acceptors (Lipinski definition) is 5. The van der Waals surface area contributed by atoms with Gasteiger partial charge in [0.1, 0.15) is 0 Å². The molecule has 160 valence electrons. The van der Waals surface area contributed by atoms with Crippen LogP contribution in [0.3, 0.4) is 0 Å². The minimum absolute atomic E-state index is 0.00112. The highest BCUT2D eigenvalue weighted by Gasteiger charge is 2.29. The van der Waals surface area contributed by atoms with Gasteiger partial charge in [0.25, 0.3) is 0 Å². The lowest BCUT2D eigenvalue weighted by Gasteiger charge is -2.26. The number of nitrogens with one attached hydrogen (secondary N) is 1. The second kappa shape index (κ2) is 8.77. The fraction of sp³-hybridized carbons (Fsp3) is 0.375. The molecule has 0 saturated carbocycles. The maximum atomic E-state index is 13.3. The van der Waals surface area contributed by atoms with Crippen molar-refractivity contribution in [3.8, 4) is 0 Å². The predicted molar refractivity (Wildman–Crippen MR) is 122 cm³/mol. The molecule has 1 fully saturated rings. The molecule has 7 heteroatoms. The number of hydrogen-bond donors (Lipinski definition) is 1. The zero-order valence-corrected chi connectivity index (χ0v) is 18.1. The van der Waals surface area contributed by atoms with Crippen LogP contribution in [-0.4, -0.2) is 36.1 Å². The van der Waals surface area contributed by atoms with Crippen LogP contribution in [0.15, 0.2) is 48.5 Å². The van der Waals surface area contributed by atoms with Gasteiger partial charge in [-0.3, -0.25) is 14.5 Å². The van der Waals surface area contributed by atoms with Crippen LogP contribution in [0, 0.1) is 5.92 Å². The lowest BCUT2D eigenvalue weighted by atomic mass is 9.89. The zero-order chi connectivity index (χ0) is 21.2. The van der Waals surface area contributed by atoms with Crippen LogP contribution in [0.1, 0.15) is 31.2 Å². The highest BCUT2D eigenvalue weighted by atomic mass is 32.1. The number of benzene rings is 2. The van der Waals surface area contributed by atoms with Gasteiger partial charge in [0.15, 0.2) is 5.13 Å². The smallest absolute Gasteiger partial charge is 0.228 e. The van der Waals surface area contributed by atoms with Crippen molar-refractivity contribution in [2.45, 2.75) is 38.2 Å². The van der Waals surface area contributed by atoms with E-state index in [1.807, 2.05) is 48.5 Å². The number of anilines is 2. The summed E-state index contributed by atoms with van der Waals surface area (Å²) >= 11 is 1.53. The summed E-state index contributed by atoms with van der Waals surface area (Å²) in [5.74, 6) is -0.197. The summed E-state index contributed by atoms with van der Waals surface area (Å²) in [7, 11) is 0. The number of ether oxygens (including phenoxy) is 1.